The van der Waals surface area contributed by atoms with Crippen LogP contribution >= 0.6 is 12.4 Å². The molecule has 0 spiro atoms. The first-order chi connectivity index (χ1) is 6.05. The van der Waals surface area contributed by atoms with Crippen LogP contribution < -0.4 is 15.2 Å². The van der Waals surface area contributed by atoms with Crippen molar-refractivity contribution in [2.24, 2.45) is 11.7 Å². The molecule has 0 bridgehead atoms. The van der Waals surface area contributed by atoms with E-state index in [9.17, 15) is 8.42 Å². The highest BCUT2D eigenvalue weighted by Gasteiger charge is 2.28. The molecule has 0 aromatic carbocycles. The van der Waals surface area contributed by atoms with Gasteiger partial charge in [0.15, 0.2) is 0 Å². The number of halogens is 1. The minimum Gasteiger partial charge on any atom is -0.326 e. The first-order valence-corrected chi connectivity index (χ1v) is 6.03. The largest absolute Gasteiger partial charge is 0.326 e. The van der Waals surface area contributed by atoms with Gasteiger partial charge in [-0.2, -0.15) is 8.42 Å². The Labute approximate surface area is 91.4 Å². The van der Waals surface area contributed by atoms with E-state index in [4.69, 9.17) is 5.73 Å². The van der Waals surface area contributed by atoms with E-state index in [-0.39, 0.29) is 18.4 Å². The average molecular weight is 244 g/mol. The number of nitrogens with one attached hydrogen (secondary N) is 2. The summed E-state index contributed by atoms with van der Waals surface area (Å²) < 4.78 is 27.0. The number of hydrogen-bond donors (Lipinski definition) is 3. The van der Waals surface area contributed by atoms with Gasteiger partial charge in [0.25, 0.3) is 10.2 Å². The van der Waals surface area contributed by atoms with Crippen LogP contribution in [0.2, 0.25) is 0 Å². The molecule has 0 heterocycles. The predicted molar refractivity (Wildman–Crippen MR) is 58.5 cm³/mol. The molecule has 0 aromatic heterocycles. The molecule has 5 nitrogen and oxygen atoms in total. The zero-order valence-corrected chi connectivity index (χ0v) is 9.83. The Morgan fingerprint density at radius 2 is 2.00 bits per heavy atom. The van der Waals surface area contributed by atoms with E-state index >= 15 is 0 Å². The van der Waals surface area contributed by atoms with E-state index in [0.717, 1.165) is 12.8 Å². The smallest absolute Gasteiger partial charge is 0.276 e. The van der Waals surface area contributed by atoms with E-state index in [1.54, 1.807) is 6.92 Å². The van der Waals surface area contributed by atoms with E-state index in [0.29, 0.717) is 19.0 Å². The molecule has 1 unspecified atom stereocenters. The maximum absolute atomic E-state index is 11.1. The molecule has 14 heavy (non-hydrogen) atoms. The summed E-state index contributed by atoms with van der Waals surface area (Å²) in [6, 6.07) is -0.0339. The first-order valence-electron chi connectivity index (χ1n) is 4.55. The van der Waals surface area contributed by atoms with Gasteiger partial charge >= 0.3 is 0 Å². The fraction of sp³-hybridized carbons (Fsp3) is 1.00. The maximum atomic E-state index is 11.1. The highest BCUT2D eigenvalue weighted by atomic mass is 35.5. The van der Waals surface area contributed by atoms with E-state index < -0.39 is 10.2 Å². The summed E-state index contributed by atoms with van der Waals surface area (Å²) in [5.41, 5.74) is 5.73. The van der Waals surface area contributed by atoms with E-state index in [1.165, 1.54) is 0 Å². The molecule has 0 aliphatic heterocycles. The highest BCUT2D eigenvalue weighted by molar-refractivity contribution is 7.87. The summed E-state index contributed by atoms with van der Waals surface area (Å²) in [5.74, 6) is 0.518. The maximum Gasteiger partial charge on any atom is 0.276 e. The molecule has 1 aliphatic carbocycles. The Balaban J connectivity index is 0.00000169. The molecule has 1 rings (SSSR count). The number of hydrogen-bond acceptors (Lipinski definition) is 3. The van der Waals surface area contributed by atoms with Crippen LogP contribution in [-0.4, -0.2) is 27.5 Å². The van der Waals surface area contributed by atoms with Crippen molar-refractivity contribution in [3.05, 3.63) is 0 Å². The van der Waals surface area contributed by atoms with Crippen molar-refractivity contribution in [1.82, 2.24) is 9.44 Å². The zero-order valence-electron chi connectivity index (χ0n) is 8.19. The highest BCUT2D eigenvalue weighted by Crippen LogP contribution is 2.31. The SMILES string of the molecule is CCNS(=O)(=O)NCC(N)C1CC1.Cl. The molecule has 1 aliphatic rings. The minimum absolute atomic E-state index is 0. The second-order valence-electron chi connectivity index (χ2n) is 3.35. The fourth-order valence-electron chi connectivity index (χ4n) is 1.14. The molecular weight excluding hydrogens is 226 g/mol. The van der Waals surface area contributed by atoms with Crippen molar-refractivity contribution >= 4 is 22.6 Å². The summed E-state index contributed by atoms with van der Waals surface area (Å²) in [5, 5.41) is 0. The van der Waals surface area contributed by atoms with Crippen LogP contribution in [0.3, 0.4) is 0 Å². The lowest BCUT2D eigenvalue weighted by atomic mass is 10.2. The second-order valence-corrected chi connectivity index (χ2v) is 4.94. The molecule has 0 radical (unpaired) electrons. The van der Waals surface area contributed by atoms with Gasteiger partial charge in [-0.25, -0.2) is 9.44 Å². The van der Waals surface area contributed by atoms with Crippen molar-refractivity contribution in [3.63, 3.8) is 0 Å². The second kappa shape index (κ2) is 5.87. The van der Waals surface area contributed by atoms with Gasteiger partial charge in [-0.3, -0.25) is 0 Å². The Morgan fingerprint density at radius 1 is 1.43 bits per heavy atom. The minimum atomic E-state index is -3.31. The third kappa shape index (κ3) is 5.11. The van der Waals surface area contributed by atoms with Crippen LogP contribution in [0.5, 0.6) is 0 Å². The molecular formula is C7H18ClN3O2S. The van der Waals surface area contributed by atoms with Gasteiger partial charge in [0.1, 0.15) is 0 Å². The van der Waals surface area contributed by atoms with Crippen LogP contribution in [0.15, 0.2) is 0 Å². The summed E-state index contributed by atoms with van der Waals surface area (Å²) in [4.78, 5) is 0. The molecule has 1 fully saturated rings. The molecule has 0 aromatic rings. The van der Waals surface area contributed by atoms with Crippen LogP contribution in [0.1, 0.15) is 19.8 Å². The molecule has 1 atom stereocenters. The first kappa shape index (κ1) is 14.1. The molecule has 4 N–H and O–H groups in total. The van der Waals surface area contributed by atoms with Crippen molar-refractivity contribution in [1.29, 1.82) is 0 Å². The van der Waals surface area contributed by atoms with Crippen molar-refractivity contribution in [2.75, 3.05) is 13.1 Å². The molecule has 86 valence electrons. The van der Waals surface area contributed by atoms with Crippen LogP contribution in [0.25, 0.3) is 0 Å². The number of rotatable bonds is 6. The lowest BCUT2D eigenvalue weighted by Crippen LogP contribution is -2.43. The van der Waals surface area contributed by atoms with Gasteiger partial charge in [0, 0.05) is 19.1 Å². The fourth-order valence-corrected chi connectivity index (χ4v) is 2.03. The summed E-state index contributed by atoms with van der Waals surface area (Å²) in [6.45, 7) is 2.47. The molecule has 0 amide bonds. The van der Waals surface area contributed by atoms with Crippen LogP contribution in [-0.2, 0) is 10.2 Å². The van der Waals surface area contributed by atoms with Gasteiger partial charge in [0.2, 0.25) is 0 Å². The van der Waals surface area contributed by atoms with Crippen LogP contribution in [0, 0.1) is 5.92 Å². The third-order valence-corrected chi connectivity index (χ3v) is 3.29. The van der Waals surface area contributed by atoms with Gasteiger partial charge < -0.3 is 5.73 Å². The normalized spacial score (nSPS) is 18.7. The third-order valence-electron chi connectivity index (χ3n) is 2.07. The van der Waals surface area contributed by atoms with Gasteiger partial charge in [-0.15, -0.1) is 12.4 Å². The molecule has 1 saturated carbocycles. The summed E-state index contributed by atoms with van der Waals surface area (Å²) >= 11 is 0. The molecule has 7 heteroatoms. The predicted octanol–water partition coefficient (Wildman–Crippen LogP) is -0.411. The van der Waals surface area contributed by atoms with E-state index in [1.807, 2.05) is 0 Å². The monoisotopic (exact) mass is 243 g/mol. The topological polar surface area (TPSA) is 84.2 Å². The zero-order chi connectivity index (χ0) is 9.90. The Bertz CT molecular complexity index is 254. The van der Waals surface area contributed by atoms with Crippen molar-refractivity contribution in [2.45, 2.75) is 25.8 Å². The quantitative estimate of drug-likeness (QED) is 0.593. The summed E-state index contributed by atoms with van der Waals surface area (Å²) in [7, 11) is -3.31. The standard InChI is InChI=1S/C7H17N3O2S.ClH/c1-2-9-13(11,12)10-5-7(8)6-3-4-6;/h6-7,9-10H,2-5,8H2,1H3;1H. The van der Waals surface area contributed by atoms with Gasteiger partial charge in [0.05, 0.1) is 0 Å². The Morgan fingerprint density at radius 3 is 2.43 bits per heavy atom. The molecule has 0 saturated heterocycles. The lowest BCUT2D eigenvalue weighted by molar-refractivity contribution is 0.539. The summed E-state index contributed by atoms with van der Waals surface area (Å²) in [6.07, 6.45) is 2.26. The Kier molecular flexibility index (Phi) is 5.92. The average Bonchev–Trinajstić information content (AvgIpc) is 2.82. The van der Waals surface area contributed by atoms with Crippen molar-refractivity contribution < 1.29 is 8.42 Å². The van der Waals surface area contributed by atoms with Gasteiger partial charge in [-0.05, 0) is 18.8 Å². The Hall–Kier alpha value is 0.120. The van der Waals surface area contributed by atoms with E-state index in [2.05, 4.69) is 9.44 Å². The van der Waals surface area contributed by atoms with Gasteiger partial charge in [-0.1, -0.05) is 6.92 Å². The van der Waals surface area contributed by atoms with Crippen LogP contribution in [0.4, 0.5) is 0 Å². The number of nitrogens with two attached hydrogens (primary N) is 1. The lowest BCUT2D eigenvalue weighted by Gasteiger charge is -2.11. The van der Waals surface area contributed by atoms with Crippen molar-refractivity contribution in [3.8, 4) is 0 Å².